The molecule has 4 aromatic carbocycles. The Kier molecular flexibility index (Phi) is 5.54. The molecule has 0 unspecified atom stereocenters. The first-order chi connectivity index (χ1) is 16.0. The molecule has 0 atom stereocenters. The summed E-state index contributed by atoms with van der Waals surface area (Å²) in [6.45, 7) is 2.03. The van der Waals surface area contributed by atoms with Crippen LogP contribution in [0.2, 0.25) is 5.02 Å². The number of nitrogens with one attached hydrogen (secondary N) is 2. The lowest BCUT2D eigenvalue weighted by Crippen LogP contribution is -2.34. The summed E-state index contributed by atoms with van der Waals surface area (Å²) in [4.78, 5) is 17.4. The number of hydrogen-bond acceptors (Lipinski definition) is 4. The number of aryl methyl sites for hydroxylation is 1. The van der Waals surface area contributed by atoms with Gasteiger partial charge in [0.05, 0.1) is 0 Å². The van der Waals surface area contributed by atoms with E-state index in [1.165, 1.54) is 5.56 Å². The first kappa shape index (κ1) is 21.1. The Labute approximate surface area is 200 Å². The van der Waals surface area contributed by atoms with Crippen LogP contribution in [-0.4, -0.2) is 16.0 Å². The molecule has 1 heterocycles. The fourth-order valence-corrected chi connectivity index (χ4v) is 4.08. The molecule has 0 fully saturated rings. The van der Waals surface area contributed by atoms with Crippen molar-refractivity contribution in [2.45, 2.75) is 6.92 Å². The van der Waals surface area contributed by atoms with Crippen LogP contribution in [0.25, 0.3) is 33.3 Å². The SMILES string of the molecule is Cc1ccc(-c2nc3cc(NC(=S)NC(=O)c4cccc5c(Cl)cccc45)ccc3o2)cc1. The summed E-state index contributed by atoms with van der Waals surface area (Å²) in [5.74, 6) is 0.234. The number of anilines is 1. The second kappa shape index (κ2) is 8.65. The molecular weight excluding hydrogens is 454 g/mol. The molecule has 33 heavy (non-hydrogen) atoms. The fourth-order valence-electron chi connectivity index (χ4n) is 3.63. The highest BCUT2D eigenvalue weighted by Crippen LogP contribution is 2.27. The van der Waals surface area contributed by atoms with Gasteiger partial charge in [-0.3, -0.25) is 10.1 Å². The predicted molar refractivity (Wildman–Crippen MR) is 137 cm³/mol. The van der Waals surface area contributed by atoms with E-state index in [4.69, 9.17) is 28.2 Å². The molecule has 1 aromatic heterocycles. The summed E-state index contributed by atoms with van der Waals surface area (Å²) >= 11 is 11.6. The summed E-state index contributed by atoms with van der Waals surface area (Å²) in [6.07, 6.45) is 0. The van der Waals surface area contributed by atoms with Crippen molar-refractivity contribution in [3.63, 3.8) is 0 Å². The average molecular weight is 472 g/mol. The normalized spacial score (nSPS) is 11.0. The van der Waals surface area contributed by atoms with Gasteiger partial charge in [0.15, 0.2) is 10.7 Å². The van der Waals surface area contributed by atoms with Gasteiger partial charge in [-0.05, 0) is 67.0 Å². The van der Waals surface area contributed by atoms with Gasteiger partial charge in [-0.2, -0.15) is 0 Å². The summed E-state index contributed by atoms with van der Waals surface area (Å²) in [5, 5.41) is 8.12. The van der Waals surface area contributed by atoms with E-state index in [9.17, 15) is 4.79 Å². The van der Waals surface area contributed by atoms with Crippen molar-refractivity contribution < 1.29 is 9.21 Å². The molecule has 5 nitrogen and oxygen atoms in total. The Balaban J connectivity index is 1.33. The molecule has 0 spiro atoms. The molecule has 2 N–H and O–H groups in total. The Morgan fingerprint density at radius 3 is 2.55 bits per heavy atom. The summed E-state index contributed by atoms with van der Waals surface area (Å²) in [7, 11) is 0. The molecule has 1 amide bonds. The molecule has 0 aliphatic carbocycles. The number of thiocarbonyl (C=S) groups is 1. The van der Waals surface area contributed by atoms with Crippen LogP contribution in [0.1, 0.15) is 15.9 Å². The van der Waals surface area contributed by atoms with E-state index >= 15 is 0 Å². The highest BCUT2D eigenvalue weighted by Gasteiger charge is 2.14. The smallest absolute Gasteiger partial charge is 0.258 e. The van der Waals surface area contributed by atoms with E-state index < -0.39 is 0 Å². The van der Waals surface area contributed by atoms with Crippen LogP contribution in [0, 0.1) is 6.92 Å². The van der Waals surface area contributed by atoms with Gasteiger partial charge in [0.25, 0.3) is 5.91 Å². The monoisotopic (exact) mass is 471 g/mol. The molecule has 0 aliphatic rings. The molecule has 162 valence electrons. The molecule has 7 heteroatoms. The van der Waals surface area contributed by atoms with Crippen LogP contribution >= 0.6 is 23.8 Å². The summed E-state index contributed by atoms with van der Waals surface area (Å²) < 4.78 is 5.87. The summed E-state index contributed by atoms with van der Waals surface area (Å²) in [6, 6.07) is 24.3. The van der Waals surface area contributed by atoms with E-state index in [0.717, 1.165) is 16.3 Å². The predicted octanol–water partition coefficient (Wildman–Crippen LogP) is 6.74. The zero-order chi connectivity index (χ0) is 22.9. The van der Waals surface area contributed by atoms with Gasteiger partial charge >= 0.3 is 0 Å². The maximum absolute atomic E-state index is 12.9. The first-order valence-electron chi connectivity index (χ1n) is 10.3. The second-order valence-corrected chi connectivity index (χ2v) is 8.43. The number of fused-ring (bicyclic) bond motifs is 2. The maximum Gasteiger partial charge on any atom is 0.258 e. The van der Waals surface area contributed by atoms with Gasteiger partial charge in [-0.1, -0.05) is 53.6 Å². The van der Waals surface area contributed by atoms with Crippen LogP contribution in [0.4, 0.5) is 5.69 Å². The Morgan fingerprint density at radius 2 is 1.73 bits per heavy atom. The van der Waals surface area contributed by atoms with E-state index in [1.54, 1.807) is 18.2 Å². The van der Waals surface area contributed by atoms with Gasteiger partial charge in [0.1, 0.15) is 5.52 Å². The van der Waals surface area contributed by atoms with Crippen LogP contribution in [0.3, 0.4) is 0 Å². The Bertz CT molecular complexity index is 1530. The molecule has 0 saturated carbocycles. The molecule has 5 aromatic rings. The number of benzene rings is 4. The Hall–Kier alpha value is -3.74. The third kappa shape index (κ3) is 4.31. The van der Waals surface area contributed by atoms with E-state index in [2.05, 4.69) is 15.6 Å². The van der Waals surface area contributed by atoms with Crippen molar-refractivity contribution in [1.29, 1.82) is 0 Å². The van der Waals surface area contributed by atoms with Crippen molar-refractivity contribution >= 4 is 62.4 Å². The summed E-state index contributed by atoms with van der Waals surface area (Å²) in [5.41, 5.74) is 4.62. The van der Waals surface area contributed by atoms with Crippen molar-refractivity contribution in [3.05, 3.63) is 95.0 Å². The van der Waals surface area contributed by atoms with Crippen LogP contribution in [0.15, 0.2) is 83.3 Å². The topological polar surface area (TPSA) is 67.2 Å². The molecule has 5 rings (SSSR count). The van der Waals surface area contributed by atoms with Crippen LogP contribution in [-0.2, 0) is 0 Å². The van der Waals surface area contributed by atoms with Crippen molar-refractivity contribution in [3.8, 4) is 11.5 Å². The Morgan fingerprint density at radius 1 is 0.970 bits per heavy atom. The number of aromatic nitrogens is 1. The average Bonchev–Trinajstić information content (AvgIpc) is 3.23. The minimum Gasteiger partial charge on any atom is -0.436 e. The van der Waals surface area contributed by atoms with E-state index in [0.29, 0.717) is 33.3 Å². The lowest BCUT2D eigenvalue weighted by atomic mass is 10.0. The van der Waals surface area contributed by atoms with Crippen LogP contribution in [0.5, 0.6) is 0 Å². The highest BCUT2D eigenvalue weighted by atomic mass is 35.5. The number of amides is 1. The minimum absolute atomic E-state index is 0.181. The van der Waals surface area contributed by atoms with Crippen molar-refractivity contribution in [2.24, 2.45) is 0 Å². The highest BCUT2D eigenvalue weighted by molar-refractivity contribution is 7.80. The quantitative estimate of drug-likeness (QED) is 0.285. The fraction of sp³-hybridized carbons (Fsp3) is 0.0385. The van der Waals surface area contributed by atoms with Gasteiger partial charge < -0.3 is 9.73 Å². The van der Waals surface area contributed by atoms with E-state index in [-0.39, 0.29) is 11.0 Å². The molecule has 0 aliphatic heterocycles. The van der Waals surface area contributed by atoms with Gasteiger partial charge in [0, 0.05) is 27.2 Å². The van der Waals surface area contributed by atoms with Gasteiger partial charge in [-0.25, -0.2) is 4.98 Å². The first-order valence-corrected chi connectivity index (χ1v) is 11.0. The number of oxazole rings is 1. The number of nitrogens with zero attached hydrogens (tertiary/aromatic N) is 1. The number of rotatable bonds is 3. The molecular formula is C26H18ClN3O2S. The van der Waals surface area contributed by atoms with Crippen LogP contribution < -0.4 is 10.6 Å². The van der Waals surface area contributed by atoms with Crippen molar-refractivity contribution in [1.82, 2.24) is 10.3 Å². The molecule has 0 saturated heterocycles. The lowest BCUT2D eigenvalue weighted by Gasteiger charge is -2.11. The lowest BCUT2D eigenvalue weighted by molar-refractivity contribution is 0.0979. The number of carbonyl (C=O) groups is 1. The molecule has 0 bridgehead atoms. The van der Waals surface area contributed by atoms with E-state index in [1.807, 2.05) is 67.6 Å². The standard InChI is InChI=1S/C26H18ClN3O2S/c1-15-8-10-16(11-9-15)25-29-22-14-17(12-13-23(22)32-25)28-26(33)30-24(31)20-6-2-5-19-18(20)4-3-7-21(19)27/h2-14H,1H3,(H2,28,30,31,33). The van der Waals surface area contributed by atoms with Gasteiger partial charge in [0.2, 0.25) is 5.89 Å². The zero-order valence-corrected chi connectivity index (χ0v) is 19.1. The number of carbonyl (C=O) groups excluding carboxylic acids is 1. The number of hydrogen-bond donors (Lipinski definition) is 2. The zero-order valence-electron chi connectivity index (χ0n) is 17.6. The third-order valence-corrected chi connectivity index (χ3v) is 5.82. The molecule has 0 radical (unpaired) electrons. The third-order valence-electron chi connectivity index (χ3n) is 5.28. The largest absolute Gasteiger partial charge is 0.436 e. The number of halogens is 1. The minimum atomic E-state index is -0.315. The van der Waals surface area contributed by atoms with Crippen molar-refractivity contribution in [2.75, 3.05) is 5.32 Å². The second-order valence-electron chi connectivity index (χ2n) is 7.62. The van der Waals surface area contributed by atoms with Gasteiger partial charge in [-0.15, -0.1) is 0 Å². The maximum atomic E-state index is 12.9.